The van der Waals surface area contributed by atoms with Crippen LogP contribution in [-0.4, -0.2) is 44.0 Å². The number of benzene rings is 1. The van der Waals surface area contributed by atoms with E-state index >= 15 is 0 Å². The molecule has 0 heterocycles. The van der Waals surface area contributed by atoms with Crippen molar-refractivity contribution in [1.29, 1.82) is 0 Å². The number of hydrogen-bond acceptors (Lipinski definition) is 6. The Hall–Kier alpha value is -2.90. The van der Waals surface area contributed by atoms with E-state index in [1.807, 2.05) is 0 Å². The lowest BCUT2D eigenvalue weighted by Crippen LogP contribution is -2.26. The van der Waals surface area contributed by atoms with Crippen LogP contribution in [0.3, 0.4) is 0 Å². The minimum absolute atomic E-state index is 0.0241. The number of amides is 2. The Morgan fingerprint density at radius 3 is 2.50 bits per heavy atom. The maximum absolute atomic E-state index is 11.8. The zero-order valence-corrected chi connectivity index (χ0v) is 13.8. The molecule has 0 aliphatic rings. The average molecular weight is 336 g/mol. The van der Waals surface area contributed by atoms with Gasteiger partial charge in [-0.2, -0.15) is 0 Å². The van der Waals surface area contributed by atoms with Crippen molar-refractivity contribution in [3.05, 3.63) is 29.3 Å². The van der Waals surface area contributed by atoms with Crippen molar-refractivity contribution in [2.24, 2.45) is 0 Å². The van der Waals surface area contributed by atoms with Crippen molar-refractivity contribution in [1.82, 2.24) is 5.32 Å². The molecule has 0 aromatic heterocycles. The summed E-state index contributed by atoms with van der Waals surface area (Å²) in [5.74, 6) is -1.90. The van der Waals surface area contributed by atoms with Crippen LogP contribution in [0.5, 0.6) is 0 Å². The van der Waals surface area contributed by atoms with Gasteiger partial charge in [0, 0.05) is 19.2 Å². The molecule has 1 rings (SSSR count). The van der Waals surface area contributed by atoms with Crippen LogP contribution >= 0.6 is 0 Å². The van der Waals surface area contributed by atoms with Gasteiger partial charge in [-0.15, -0.1) is 0 Å². The standard InChI is InChI=1S/C16H20N2O6/c1-10-4-5-12(16(22)23-3)8-13(10)18-14(20)9-24-15(21)6-7-17-11(2)19/h4-5,8H,6-7,9H2,1-3H3,(H,17,19)(H,18,20). The highest BCUT2D eigenvalue weighted by Gasteiger charge is 2.12. The molecule has 0 unspecified atom stereocenters. The average Bonchev–Trinajstić information content (AvgIpc) is 2.54. The molecule has 2 amide bonds. The van der Waals surface area contributed by atoms with Gasteiger partial charge in [0.1, 0.15) is 0 Å². The number of nitrogens with one attached hydrogen (secondary N) is 2. The van der Waals surface area contributed by atoms with Crippen LogP contribution in [0.2, 0.25) is 0 Å². The van der Waals surface area contributed by atoms with Gasteiger partial charge in [-0.1, -0.05) is 6.07 Å². The highest BCUT2D eigenvalue weighted by Crippen LogP contribution is 2.17. The van der Waals surface area contributed by atoms with E-state index < -0.39 is 24.5 Å². The first-order valence-corrected chi connectivity index (χ1v) is 7.22. The summed E-state index contributed by atoms with van der Waals surface area (Å²) in [6.45, 7) is 2.79. The van der Waals surface area contributed by atoms with Crippen LogP contribution in [0.1, 0.15) is 29.3 Å². The Kier molecular flexibility index (Phi) is 7.41. The first kappa shape index (κ1) is 19.1. The molecule has 0 saturated carbocycles. The molecule has 24 heavy (non-hydrogen) atoms. The number of anilines is 1. The van der Waals surface area contributed by atoms with E-state index in [1.165, 1.54) is 20.1 Å². The summed E-state index contributed by atoms with van der Waals surface area (Å²) in [4.78, 5) is 45.4. The van der Waals surface area contributed by atoms with Gasteiger partial charge in [0.05, 0.1) is 19.1 Å². The Bertz CT molecular complexity index is 641. The molecule has 0 bridgehead atoms. The van der Waals surface area contributed by atoms with Crippen LogP contribution in [0, 0.1) is 6.92 Å². The first-order valence-electron chi connectivity index (χ1n) is 7.22. The lowest BCUT2D eigenvalue weighted by molar-refractivity contribution is -0.147. The maximum Gasteiger partial charge on any atom is 0.337 e. The molecule has 0 spiro atoms. The summed E-state index contributed by atoms with van der Waals surface area (Å²) in [6, 6.07) is 4.73. The molecule has 130 valence electrons. The fourth-order valence-corrected chi connectivity index (χ4v) is 1.75. The summed E-state index contributed by atoms with van der Waals surface area (Å²) < 4.78 is 9.42. The molecular formula is C16H20N2O6. The van der Waals surface area contributed by atoms with Gasteiger partial charge in [-0.05, 0) is 24.6 Å². The Labute approximate surface area is 139 Å². The second-order valence-electron chi connectivity index (χ2n) is 4.96. The largest absolute Gasteiger partial charge is 0.465 e. The molecule has 0 saturated heterocycles. The molecule has 2 N–H and O–H groups in total. The van der Waals surface area contributed by atoms with Crippen LogP contribution in [0.25, 0.3) is 0 Å². The molecule has 0 radical (unpaired) electrons. The third kappa shape index (κ3) is 6.47. The fourth-order valence-electron chi connectivity index (χ4n) is 1.75. The predicted octanol–water partition coefficient (Wildman–Crippen LogP) is 0.790. The zero-order chi connectivity index (χ0) is 18.1. The van der Waals surface area contributed by atoms with E-state index in [9.17, 15) is 19.2 Å². The summed E-state index contributed by atoms with van der Waals surface area (Å²) in [6.07, 6.45) is -0.0241. The zero-order valence-electron chi connectivity index (χ0n) is 13.8. The van der Waals surface area contributed by atoms with Crippen LogP contribution in [-0.2, 0) is 23.9 Å². The normalized spacial score (nSPS) is 9.79. The van der Waals surface area contributed by atoms with Gasteiger partial charge in [-0.3, -0.25) is 14.4 Å². The van der Waals surface area contributed by atoms with Gasteiger partial charge < -0.3 is 20.1 Å². The number of hydrogen-bond donors (Lipinski definition) is 2. The van der Waals surface area contributed by atoms with E-state index in [1.54, 1.807) is 19.1 Å². The third-order valence-corrected chi connectivity index (χ3v) is 3.00. The van der Waals surface area contributed by atoms with Gasteiger partial charge >= 0.3 is 11.9 Å². The van der Waals surface area contributed by atoms with E-state index in [0.717, 1.165) is 5.56 Å². The van der Waals surface area contributed by atoms with E-state index in [-0.39, 0.29) is 18.9 Å². The summed E-state index contributed by atoms with van der Waals surface area (Å²) >= 11 is 0. The predicted molar refractivity (Wildman–Crippen MR) is 85.4 cm³/mol. The second kappa shape index (κ2) is 9.29. The van der Waals surface area contributed by atoms with Crippen molar-refractivity contribution in [2.75, 3.05) is 25.6 Å². The molecule has 1 aromatic carbocycles. The van der Waals surface area contributed by atoms with Gasteiger partial charge in [0.15, 0.2) is 6.61 Å². The van der Waals surface area contributed by atoms with Crippen molar-refractivity contribution >= 4 is 29.4 Å². The number of methoxy groups -OCH3 is 1. The molecule has 8 heteroatoms. The number of aryl methyl sites for hydroxylation is 1. The van der Waals surface area contributed by atoms with E-state index in [0.29, 0.717) is 11.3 Å². The number of carbonyl (C=O) groups excluding carboxylic acids is 4. The van der Waals surface area contributed by atoms with Gasteiger partial charge in [0.25, 0.3) is 5.91 Å². The van der Waals surface area contributed by atoms with Crippen LogP contribution in [0.15, 0.2) is 18.2 Å². The Morgan fingerprint density at radius 2 is 1.88 bits per heavy atom. The third-order valence-electron chi connectivity index (χ3n) is 3.00. The maximum atomic E-state index is 11.8. The van der Waals surface area contributed by atoms with Crippen molar-refractivity contribution in [2.45, 2.75) is 20.3 Å². The van der Waals surface area contributed by atoms with Crippen LogP contribution in [0.4, 0.5) is 5.69 Å². The molecule has 0 fully saturated rings. The minimum Gasteiger partial charge on any atom is -0.465 e. The highest BCUT2D eigenvalue weighted by molar-refractivity contribution is 5.96. The lowest BCUT2D eigenvalue weighted by atomic mass is 10.1. The first-order chi connectivity index (χ1) is 11.3. The molecule has 0 atom stereocenters. The summed E-state index contributed by atoms with van der Waals surface area (Å²) in [5.41, 5.74) is 1.47. The molecule has 1 aromatic rings. The summed E-state index contributed by atoms with van der Waals surface area (Å²) in [7, 11) is 1.26. The topological polar surface area (TPSA) is 111 Å². The van der Waals surface area contributed by atoms with Gasteiger partial charge in [0.2, 0.25) is 5.91 Å². The van der Waals surface area contributed by atoms with Gasteiger partial charge in [-0.25, -0.2) is 4.79 Å². The molecular weight excluding hydrogens is 316 g/mol. The van der Waals surface area contributed by atoms with Crippen molar-refractivity contribution < 1.29 is 28.7 Å². The van der Waals surface area contributed by atoms with E-state index in [4.69, 9.17) is 4.74 Å². The van der Waals surface area contributed by atoms with E-state index in [2.05, 4.69) is 15.4 Å². The second-order valence-corrected chi connectivity index (χ2v) is 4.96. The molecule has 0 aliphatic carbocycles. The Morgan fingerprint density at radius 1 is 1.17 bits per heavy atom. The number of rotatable bonds is 7. The smallest absolute Gasteiger partial charge is 0.337 e. The highest BCUT2D eigenvalue weighted by atomic mass is 16.5. The summed E-state index contributed by atoms with van der Waals surface area (Å²) in [5, 5.41) is 5.02. The lowest BCUT2D eigenvalue weighted by Gasteiger charge is -2.10. The quantitative estimate of drug-likeness (QED) is 0.712. The molecule has 8 nitrogen and oxygen atoms in total. The van der Waals surface area contributed by atoms with Crippen molar-refractivity contribution in [3.8, 4) is 0 Å². The van der Waals surface area contributed by atoms with Crippen LogP contribution < -0.4 is 10.6 Å². The minimum atomic E-state index is -0.598. The number of ether oxygens (including phenoxy) is 2. The SMILES string of the molecule is COC(=O)c1ccc(C)c(NC(=O)COC(=O)CCNC(C)=O)c1. The number of carbonyl (C=O) groups is 4. The van der Waals surface area contributed by atoms with Crippen molar-refractivity contribution in [3.63, 3.8) is 0 Å². The fraction of sp³-hybridized carbons (Fsp3) is 0.375. The number of esters is 2. The monoisotopic (exact) mass is 336 g/mol. The molecule has 0 aliphatic heterocycles. The Balaban J connectivity index is 2.51.